The Labute approximate surface area is 128 Å². The van der Waals surface area contributed by atoms with E-state index in [1.54, 1.807) is 0 Å². The van der Waals surface area contributed by atoms with Gasteiger partial charge in [0.25, 0.3) is 0 Å². The molecule has 1 aliphatic carbocycles. The molecule has 0 spiro atoms. The van der Waals surface area contributed by atoms with Crippen molar-refractivity contribution in [2.45, 2.75) is 51.2 Å². The Balaban J connectivity index is 1.68. The highest BCUT2D eigenvalue weighted by Gasteiger charge is 2.27. The SMILES string of the molecule is Cc1cc(CNC2CC2)cnc1N1CCCC1CN(C)C. The van der Waals surface area contributed by atoms with Crippen molar-refractivity contribution in [1.82, 2.24) is 15.2 Å². The molecule has 2 heterocycles. The van der Waals surface area contributed by atoms with Crippen molar-refractivity contribution in [3.05, 3.63) is 23.4 Å². The van der Waals surface area contributed by atoms with Crippen molar-refractivity contribution in [3.8, 4) is 0 Å². The number of hydrogen-bond acceptors (Lipinski definition) is 4. The van der Waals surface area contributed by atoms with Crippen LogP contribution in [0.1, 0.15) is 36.8 Å². The lowest BCUT2D eigenvalue weighted by Gasteiger charge is -2.29. The van der Waals surface area contributed by atoms with Gasteiger partial charge in [0.2, 0.25) is 0 Å². The Hall–Kier alpha value is -1.13. The molecule has 1 saturated heterocycles. The van der Waals surface area contributed by atoms with E-state index in [9.17, 15) is 0 Å². The molecule has 1 aromatic rings. The molecule has 0 radical (unpaired) electrons. The molecule has 116 valence electrons. The van der Waals surface area contributed by atoms with Crippen molar-refractivity contribution in [2.24, 2.45) is 0 Å². The van der Waals surface area contributed by atoms with Gasteiger partial charge in [-0.1, -0.05) is 0 Å². The van der Waals surface area contributed by atoms with Crippen LogP contribution in [0.25, 0.3) is 0 Å². The summed E-state index contributed by atoms with van der Waals surface area (Å²) in [6.45, 7) is 5.42. The molecule has 1 unspecified atom stereocenters. The van der Waals surface area contributed by atoms with E-state index in [1.165, 1.54) is 42.6 Å². The summed E-state index contributed by atoms with van der Waals surface area (Å²) in [6.07, 6.45) is 7.30. The van der Waals surface area contributed by atoms with E-state index in [0.717, 1.165) is 25.7 Å². The summed E-state index contributed by atoms with van der Waals surface area (Å²) in [5, 5.41) is 3.56. The zero-order valence-corrected chi connectivity index (χ0v) is 13.6. The zero-order chi connectivity index (χ0) is 14.8. The first-order valence-electron chi connectivity index (χ1n) is 8.24. The van der Waals surface area contributed by atoms with Gasteiger partial charge < -0.3 is 15.1 Å². The second kappa shape index (κ2) is 6.32. The van der Waals surface area contributed by atoms with Gasteiger partial charge in [-0.15, -0.1) is 0 Å². The van der Waals surface area contributed by atoms with Gasteiger partial charge >= 0.3 is 0 Å². The molecule has 0 bridgehead atoms. The summed E-state index contributed by atoms with van der Waals surface area (Å²) in [5.41, 5.74) is 2.63. The Morgan fingerprint density at radius 3 is 2.81 bits per heavy atom. The topological polar surface area (TPSA) is 31.4 Å². The van der Waals surface area contributed by atoms with Gasteiger partial charge in [-0.2, -0.15) is 0 Å². The summed E-state index contributed by atoms with van der Waals surface area (Å²) in [6, 6.07) is 3.68. The predicted molar refractivity (Wildman–Crippen MR) is 87.8 cm³/mol. The number of aryl methyl sites for hydroxylation is 1. The highest BCUT2D eigenvalue weighted by atomic mass is 15.3. The van der Waals surface area contributed by atoms with Crippen molar-refractivity contribution < 1.29 is 0 Å². The number of nitrogens with one attached hydrogen (secondary N) is 1. The fraction of sp³-hybridized carbons (Fsp3) is 0.706. The first kappa shape index (κ1) is 14.8. The third-order valence-corrected chi connectivity index (χ3v) is 4.50. The number of aromatic nitrogens is 1. The van der Waals surface area contributed by atoms with Crippen LogP contribution in [0.3, 0.4) is 0 Å². The maximum absolute atomic E-state index is 4.78. The summed E-state index contributed by atoms with van der Waals surface area (Å²) < 4.78 is 0. The maximum atomic E-state index is 4.78. The minimum atomic E-state index is 0.613. The van der Waals surface area contributed by atoms with Crippen LogP contribution in [-0.2, 0) is 6.54 Å². The van der Waals surface area contributed by atoms with Crippen LogP contribution < -0.4 is 10.2 Å². The molecule has 3 rings (SSSR count). The summed E-state index contributed by atoms with van der Waals surface area (Å²) in [4.78, 5) is 9.57. The molecule has 4 nitrogen and oxygen atoms in total. The second-order valence-electron chi connectivity index (χ2n) is 6.89. The van der Waals surface area contributed by atoms with Crippen molar-refractivity contribution in [2.75, 3.05) is 32.1 Å². The Kier molecular flexibility index (Phi) is 4.45. The molecule has 1 saturated carbocycles. The lowest BCUT2D eigenvalue weighted by molar-refractivity contribution is 0.371. The molecule has 1 aliphatic heterocycles. The molecule has 0 aromatic carbocycles. The van der Waals surface area contributed by atoms with E-state index in [4.69, 9.17) is 4.98 Å². The normalized spacial score (nSPS) is 22.3. The van der Waals surface area contributed by atoms with Crippen LogP contribution in [0.4, 0.5) is 5.82 Å². The Morgan fingerprint density at radius 1 is 1.33 bits per heavy atom. The minimum Gasteiger partial charge on any atom is -0.352 e. The van der Waals surface area contributed by atoms with Gasteiger partial charge in [0, 0.05) is 37.9 Å². The second-order valence-corrected chi connectivity index (χ2v) is 6.89. The van der Waals surface area contributed by atoms with Crippen LogP contribution in [-0.4, -0.2) is 49.2 Å². The van der Waals surface area contributed by atoms with E-state index in [2.05, 4.69) is 48.4 Å². The third-order valence-electron chi connectivity index (χ3n) is 4.50. The van der Waals surface area contributed by atoms with E-state index in [0.29, 0.717) is 6.04 Å². The average Bonchev–Trinajstić information content (AvgIpc) is 3.16. The molecule has 2 aliphatic rings. The summed E-state index contributed by atoms with van der Waals surface area (Å²) in [7, 11) is 4.31. The molecule has 21 heavy (non-hydrogen) atoms. The standard InChI is InChI=1S/C17H28N4/c1-13-9-14(10-18-15-6-7-15)11-19-17(13)21-8-4-5-16(21)12-20(2)3/h9,11,15-16,18H,4-8,10,12H2,1-3H3. The lowest BCUT2D eigenvalue weighted by atomic mass is 10.1. The Bertz CT molecular complexity index is 482. The van der Waals surface area contributed by atoms with E-state index < -0.39 is 0 Å². The molecule has 4 heteroatoms. The van der Waals surface area contributed by atoms with Gasteiger partial charge in [-0.25, -0.2) is 4.98 Å². The van der Waals surface area contributed by atoms with Crippen LogP contribution in [0.2, 0.25) is 0 Å². The number of hydrogen-bond donors (Lipinski definition) is 1. The molecule has 0 amide bonds. The fourth-order valence-electron chi connectivity index (χ4n) is 3.30. The number of pyridine rings is 1. The zero-order valence-electron chi connectivity index (χ0n) is 13.6. The van der Waals surface area contributed by atoms with Crippen LogP contribution in [0.5, 0.6) is 0 Å². The average molecular weight is 288 g/mol. The van der Waals surface area contributed by atoms with Crippen LogP contribution in [0, 0.1) is 6.92 Å². The maximum Gasteiger partial charge on any atom is 0.131 e. The molecule has 1 N–H and O–H groups in total. The van der Waals surface area contributed by atoms with Crippen molar-refractivity contribution in [3.63, 3.8) is 0 Å². The lowest BCUT2D eigenvalue weighted by Crippen LogP contribution is -2.38. The quantitative estimate of drug-likeness (QED) is 0.869. The Morgan fingerprint density at radius 2 is 2.14 bits per heavy atom. The van der Waals surface area contributed by atoms with Gasteiger partial charge in [-0.05, 0) is 63.9 Å². The van der Waals surface area contributed by atoms with Gasteiger partial charge in [-0.3, -0.25) is 0 Å². The molecule has 1 aromatic heterocycles. The molecule has 1 atom stereocenters. The van der Waals surface area contributed by atoms with Gasteiger partial charge in [0.1, 0.15) is 5.82 Å². The van der Waals surface area contributed by atoms with E-state index >= 15 is 0 Å². The minimum absolute atomic E-state index is 0.613. The smallest absolute Gasteiger partial charge is 0.131 e. The molecular formula is C17H28N4. The predicted octanol–water partition coefficient (Wildman–Crippen LogP) is 2.17. The first-order valence-corrected chi connectivity index (χ1v) is 8.24. The van der Waals surface area contributed by atoms with E-state index in [-0.39, 0.29) is 0 Å². The summed E-state index contributed by atoms with van der Waals surface area (Å²) in [5.74, 6) is 1.19. The first-order chi connectivity index (χ1) is 10.1. The largest absolute Gasteiger partial charge is 0.352 e. The number of nitrogens with zero attached hydrogens (tertiary/aromatic N) is 3. The van der Waals surface area contributed by atoms with Crippen molar-refractivity contribution in [1.29, 1.82) is 0 Å². The van der Waals surface area contributed by atoms with Crippen molar-refractivity contribution >= 4 is 5.82 Å². The van der Waals surface area contributed by atoms with E-state index in [1.807, 2.05) is 0 Å². The number of likely N-dealkylation sites (N-methyl/N-ethyl adjacent to an activating group) is 1. The summed E-state index contributed by atoms with van der Waals surface area (Å²) >= 11 is 0. The fourth-order valence-corrected chi connectivity index (χ4v) is 3.30. The number of rotatable bonds is 6. The van der Waals surface area contributed by atoms with Gasteiger partial charge in [0.05, 0.1) is 0 Å². The third kappa shape index (κ3) is 3.74. The van der Waals surface area contributed by atoms with Gasteiger partial charge in [0.15, 0.2) is 0 Å². The highest BCUT2D eigenvalue weighted by molar-refractivity contribution is 5.49. The van der Waals surface area contributed by atoms with Crippen LogP contribution >= 0.6 is 0 Å². The molecule has 2 fully saturated rings. The molecular weight excluding hydrogens is 260 g/mol. The van der Waals surface area contributed by atoms with Crippen LogP contribution in [0.15, 0.2) is 12.3 Å². The number of anilines is 1. The highest BCUT2D eigenvalue weighted by Crippen LogP contribution is 2.27. The monoisotopic (exact) mass is 288 g/mol.